The zero-order valence-electron chi connectivity index (χ0n) is 13.5. The molecule has 0 unspecified atom stereocenters. The minimum Gasteiger partial charge on any atom is -0.497 e. The average molecular weight is 340 g/mol. The third-order valence-electron chi connectivity index (χ3n) is 3.90. The summed E-state index contributed by atoms with van der Waals surface area (Å²) in [7, 11) is -1.47. The van der Waals surface area contributed by atoms with Gasteiger partial charge in [-0.3, -0.25) is 4.99 Å². The number of guanidine groups is 1. The molecule has 0 saturated carbocycles. The lowest BCUT2D eigenvalue weighted by molar-refractivity contribution is 0.280. The van der Waals surface area contributed by atoms with Crippen LogP contribution in [0, 0.1) is 5.92 Å². The molecule has 8 heteroatoms. The highest BCUT2D eigenvalue weighted by molar-refractivity contribution is 7.88. The van der Waals surface area contributed by atoms with Crippen molar-refractivity contribution in [1.29, 1.82) is 0 Å². The van der Waals surface area contributed by atoms with E-state index in [4.69, 9.17) is 10.5 Å². The number of benzene rings is 1. The molecule has 0 amide bonds. The van der Waals surface area contributed by atoms with Gasteiger partial charge in [0.15, 0.2) is 5.96 Å². The van der Waals surface area contributed by atoms with Crippen LogP contribution in [0.2, 0.25) is 0 Å². The predicted octanol–water partition coefficient (Wildman–Crippen LogP) is 1.09. The van der Waals surface area contributed by atoms with E-state index in [1.54, 1.807) is 7.11 Å². The largest absolute Gasteiger partial charge is 0.497 e. The van der Waals surface area contributed by atoms with Gasteiger partial charge in [0.2, 0.25) is 10.0 Å². The molecule has 7 nitrogen and oxygen atoms in total. The van der Waals surface area contributed by atoms with Crippen molar-refractivity contribution < 1.29 is 13.2 Å². The molecule has 0 aliphatic carbocycles. The molecule has 1 aliphatic heterocycles. The Labute approximate surface area is 137 Å². The first-order valence-corrected chi connectivity index (χ1v) is 9.39. The fourth-order valence-electron chi connectivity index (χ4n) is 2.54. The van der Waals surface area contributed by atoms with E-state index >= 15 is 0 Å². The molecule has 1 aliphatic rings. The predicted molar refractivity (Wildman–Crippen MR) is 92.2 cm³/mol. The van der Waals surface area contributed by atoms with Gasteiger partial charge in [-0.05, 0) is 30.9 Å². The van der Waals surface area contributed by atoms with Gasteiger partial charge in [-0.25, -0.2) is 12.7 Å². The second-order valence-corrected chi connectivity index (χ2v) is 7.67. The molecule has 0 bridgehead atoms. The van der Waals surface area contributed by atoms with E-state index in [9.17, 15) is 8.42 Å². The summed E-state index contributed by atoms with van der Waals surface area (Å²) in [6, 6.07) is 7.45. The maximum absolute atomic E-state index is 11.5. The molecular formula is C15H24N4O3S. The highest BCUT2D eigenvalue weighted by Crippen LogP contribution is 2.20. The Kier molecular flexibility index (Phi) is 5.84. The number of nitrogens with zero attached hydrogens (tertiary/aromatic N) is 2. The van der Waals surface area contributed by atoms with Gasteiger partial charge in [0.05, 0.1) is 13.4 Å². The zero-order valence-corrected chi connectivity index (χ0v) is 14.3. The number of hydrogen-bond donors (Lipinski definition) is 2. The van der Waals surface area contributed by atoms with Crippen LogP contribution in [-0.2, 0) is 10.0 Å². The molecule has 1 fully saturated rings. The number of nitrogens with two attached hydrogens (primary N) is 1. The topological polar surface area (TPSA) is 97.0 Å². The molecule has 3 N–H and O–H groups in total. The van der Waals surface area contributed by atoms with E-state index in [1.807, 2.05) is 24.3 Å². The van der Waals surface area contributed by atoms with Crippen LogP contribution in [0.3, 0.4) is 0 Å². The molecule has 1 aromatic carbocycles. The summed E-state index contributed by atoms with van der Waals surface area (Å²) in [6.07, 6.45) is 2.87. The molecule has 1 heterocycles. The van der Waals surface area contributed by atoms with E-state index in [0.717, 1.165) is 24.3 Å². The second-order valence-electron chi connectivity index (χ2n) is 5.69. The van der Waals surface area contributed by atoms with Crippen LogP contribution in [-0.4, -0.2) is 51.7 Å². The number of sulfonamides is 1. The fraction of sp³-hybridized carbons (Fsp3) is 0.533. The molecule has 2 rings (SSSR count). The van der Waals surface area contributed by atoms with Crippen molar-refractivity contribution in [3.8, 4) is 5.75 Å². The summed E-state index contributed by atoms with van der Waals surface area (Å²) in [5.74, 6) is 1.46. The Morgan fingerprint density at radius 3 is 2.74 bits per heavy atom. The molecule has 1 aromatic rings. The number of methoxy groups -OCH3 is 1. The molecule has 128 valence electrons. The highest BCUT2D eigenvalue weighted by Gasteiger charge is 2.24. The van der Waals surface area contributed by atoms with Gasteiger partial charge in [0, 0.05) is 31.4 Å². The Morgan fingerprint density at radius 1 is 1.43 bits per heavy atom. The minimum atomic E-state index is -3.08. The Hall–Kier alpha value is -1.80. The molecule has 0 aromatic heterocycles. The maximum atomic E-state index is 11.5. The van der Waals surface area contributed by atoms with Gasteiger partial charge in [-0.1, -0.05) is 6.07 Å². The number of ether oxygens (including phenoxy) is 1. The number of aliphatic imine (C=N–C) groups is 1. The molecule has 23 heavy (non-hydrogen) atoms. The highest BCUT2D eigenvalue weighted by atomic mass is 32.2. The zero-order chi connectivity index (χ0) is 16.9. The van der Waals surface area contributed by atoms with Crippen LogP contribution in [0.15, 0.2) is 29.3 Å². The standard InChI is InChI=1S/C15H24N4O3S/c1-22-14-5-3-4-13(10-14)18-15(16)17-11-12-6-8-19(9-7-12)23(2,20)21/h3-5,10,12H,6-9,11H2,1-2H3,(H3,16,17,18). The Morgan fingerprint density at radius 2 is 2.13 bits per heavy atom. The van der Waals surface area contributed by atoms with E-state index < -0.39 is 10.0 Å². The van der Waals surface area contributed by atoms with Gasteiger partial charge in [-0.15, -0.1) is 0 Å². The van der Waals surface area contributed by atoms with Gasteiger partial charge in [0.25, 0.3) is 0 Å². The van der Waals surface area contributed by atoms with Crippen LogP contribution >= 0.6 is 0 Å². The first-order chi connectivity index (χ1) is 10.9. The van der Waals surface area contributed by atoms with Gasteiger partial charge in [0.1, 0.15) is 5.75 Å². The summed E-state index contributed by atoms with van der Waals surface area (Å²) in [6.45, 7) is 1.71. The lowest BCUT2D eigenvalue weighted by atomic mass is 9.98. The Balaban J connectivity index is 1.83. The summed E-state index contributed by atoms with van der Waals surface area (Å²) in [5, 5.41) is 3.03. The van der Waals surface area contributed by atoms with Crippen molar-refractivity contribution >= 4 is 21.7 Å². The van der Waals surface area contributed by atoms with Gasteiger partial charge < -0.3 is 15.8 Å². The van der Waals surface area contributed by atoms with Crippen molar-refractivity contribution in [3.05, 3.63) is 24.3 Å². The Bertz CT molecular complexity index is 652. The van der Waals surface area contributed by atoms with Gasteiger partial charge in [-0.2, -0.15) is 0 Å². The third kappa shape index (κ3) is 5.40. The number of piperidine rings is 1. The van der Waals surface area contributed by atoms with Crippen molar-refractivity contribution in [2.45, 2.75) is 12.8 Å². The molecule has 0 atom stereocenters. The monoisotopic (exact) mass is 340 g/mol. The van der Waals surface area contributed by atoms with E-state index in [1.165, 1.54) is 10.6 Å². The fourth-order valence-corrected chi connectivity index (χ4v) is 3.41. The van der Waals surface area contributed by atoms with Crippen LogP contribution in [0.5, 0.6) is 5.75 Å². The maximum Gasteiger partial charge on any atom is 0.211 e. The molecule has 0 spiro atoms. The van der Waals surface area contributed by atoms with Crippen molar-refractivity contribution in [3.63, 3.8) is 0 Å². The first-order valence-electron chi connectivity index (χ1n) is 7.54. The summed E-state index contributed by atoms with van der Waals surface area (Å²) >= 11 is 0. The average Bonchev–Trinajstić information content (AvgIpc) is 2.52. The summed E-state index contributed by atoms with van der Waals surface area (Å²) in [5.41, 5.74) is 6.72. The normalized spacial score (nSPS) is 17.9. The van der Waals surface area contributed by atoms with E-state index in [0.29, 0.717) is 31.5 Å². The number of rotatable bonds is 5. The van der Waals surface area contributed by atoms with E-state index in [-0.39, 0.29) is 0 Å². The molecular weight excluding hydrogens is 316 g/mol. The van der Waals surface area contributed by atoms with Crippen molar-refractivity contribution in [1.82, 2.24) is 4.31 Å². The minimum absolute atomic E-state index is 0.351. The second kappa shape index (κ2) is 7.65. The summed E-state index contributed by atoms with van der Waals surface area (Å²) in [4.78, 5) is 4.36. The number of nitrogens with one attached hydrogen (secondary N) is 1. The van der Waals surface area contributed by atoms with Crippen LogP contribution in [0.1, 0.15) is 12.8 Å². The van der Waals surface area contributed by atoms with Crippen molar-refractivity contribution in [2.75, 3.05) is 38.3 Å². The quantitative estimate of drug-likeness (QED) is 0.618. The number of hydrogen-bond acceptors (Lipinski definition) is 4. The lowest BCUT2D eigenvalue weighted by Crippen LogP contribution is -2.38. The van der Waals surface area contributed by atoms with Crippen LogP contribution < -0.4 is 15.8 Å². The number of anilines is 1. The van der Waals surface area contributed by atoms with Crippen LogP contribution in [0.4, 0.5) is 5.69 Å². The van der Waals surface area contributed by atoms with Gasteiger partial charge >= 0.3 is 0 Å². The molecule has 1 saturated heterocycles. The van der Waals surface area contributed by atoms with E-state index in [2.05, 4.69) is 10.3 Å². The first kappa shape index (κ1) is 17.6. The molecule has 0 radical (unpaired) electrons. The SMILES string of the molecule is COc1cccc(NC(N)=NCC2CCN(S(C)(=O)=O)CC2)c1. The lowest BCUT2D eigenvalue weighted by Gasteiger charge is -2.29. The van der Waals surface area contributed by atoms with Crippen LogP contribution in [0.25, 0.3) is 0 Å². The smallest absolute Gasteiger partial charge is 0.211 e. The van der Waals surface area contributed by atoms with Crippen molar-refractivity contribution in [2.24, 2.45) is 16.6 Å². The third-order valence-corrected chi connectivity index (χ3v) is 5.21. The summed E-state index contributed by atoms with van der Waals surface area (Å²) < 4.78 is 29.6.